The smallest absolute Gasteiger partial charge is 0.242 e. The van der Waals surface area contributed by atoms with E-state index < -0.39 is 10.0 Å². The number of hydrogen-bond donors (Lipinski definition) is 2. The molecule has 0 aromatic heterocycles. The summed E-state index contributed by atoms with van der Waals surface area (Å²) in [5, 5.41) is 11.6. The minimum absolute atomic E-state index is 0.0904. The van der Waals surface area contributed by atoms with Crippen LogP contribution in [0.2, 0.25) is 0 Å². The summed E-state index contributed by atoms with van der Waals surface area (Å²) in [6.07, 6.45) is 0. The second-order valence-corrected chi connectivity index (χ2v) is 5.98. The van der Waals surface area contributed by atoms with Gasteiger partial charge in [-0.25, -0.2) is 12.7 Å². The molecular weight excluding hydrogens is 240 g/mol. The number of benzene rings is 1. The first-order valence-electron chi connectivity index (χ1n) is 5.31. The van der Waals surface area contributed by atoms with Gasteiger partial charge in [-0.2, -0.15) is 0 Å². The van der Waals surface area contributed by atoms with Crippen molar-refractivity contribution in [3.05, 3.63) is 29.8 Å². The maximum absolute atomic E-state index is 11.8. The molecule has 1 aromatic rings. The fourth-order valence-corrected chi connectivity index (χ4v) is 2.20. The first kappa shape index (κ1) is 14.1. The van der Waals surface area contributed by atoms with Crippen LogP contribution in [-0.4, -0.2) is 45.1 Å². The van der Waals surface area contributed by atoms with Crippen molar-refractivity contribution < 1.29 is 13.5 Å². The number of hydrogen-bond acceptors (Lipinski definition) is 4. The molecule has 0 saturated heterocycles. The Bertz CT molecular complexity index is 440. The Hall–Kier alpha value is -0.950. The number of aliphatic hydroxyl groups excluding tert-OH is 1. The number of nitrogens with zero attached hydrogens (tertiary/aromatic N) is 1. The highest BCUT2D eigenvalue weighted by molar-refractivity contribution is 7.89. The second kappa shape index (κ2) is 6.11. The van der Waals surface area contributed by atoms with Crippen molar-refractivity contribution in [3.63, 3.8) is 0 Å². The molecule has 1 aromatic carbocycles. The lowest BCUT2D eigenvalue weighted by atomic mass is 10.2. The van der Waals surface area contributed by atoms with E-state index in [0.29, 0.717) is 13.1 Å². The van der Waals surface area contributed by atoms with E-state index in [9.17, 15) is 8.42 Å². The fourth-order valence-electron chi connectivity index (χ4n) is 1.30. The lowest BCUT2D eigenvalue weighted by molar-refractivity contribution is 0.292. The van der Waals surface area contributed by atoms with Gasteiger partial charge in [0.15, 0.2) is 0 Å². The Morgan fingerprint density at radius 2 is 1.82 bits per heavy atom. The molecule has 0 fully saturated rings. The third kappa shape index (κ3) is 3.78. The van der Waals surface area contributed by atoms with Gasteiger partial charge < -0.3 is 10.4 Å². The Kier molecular flexibility index (Phi) is 5.07. The second-order valence-electron chi connectivity index (χ2n) is 3.83. The molecule has 0 bridgehead atoms. The van der Waals surface area contributed by atoms with E-state index in [4.69, 9.17) is 5.11 Å². The first-order chi connectivity index (χ1) is 7.98. The van der Waals surface area contributed by atoms with Crippen molar-refractivity contribution in [3.8, 4) is 0 Å². The normalized spacial score (nSPS) is 12.0. The number of sulfonamides is 1. The van der Waals surface area contributed by atoms with Gasteiger partial charge in [0, 0.05) is 27.2 Å². The van der Waals surface area contributed by atoms with Crippen molar-refractivity contribution in [2.45, 2.75) is 11.4 Å². The molecule has 0 radical (unpaired) electrons. The maximum atomic E-state index is 11.8. The first-order valence-corrected chi connectivity index (χ1v) is 6.75. The molecule has 0 aliphatic heterocycles. The van der Waals surface area contributed by atoms with Crippen molar-refractivity contribution in [2.24, 2.45) is 0 Å². The fraction of sp³-hybridized carbons (Fsp3) is 0.455. The predicted molar refractivity (Wildman–Crippen MR) is 66.1 cm³/mol. The number of aliphatic hydroxyl groups is 1. The lowest BCUT2D eigenvalue weighted by Crippen LogP contribution is -2.22. The maximum Gasteiger partial charge on any atom is 0.242 e. The molecule has 5 nitrogen and oxygen atoms in total. The van der Waals surface area contributed by atoms with E-state index in [1.54, 1.807) is 24.3 Å². The zero-order valence-corrected chi connectivity index (χ0v) is 10.9. The zero-order valence-electron chi connectivity index (χ0n) is 10.0. The van der Waals surface area contributed by atoms with Crippen LogP contribution < -0.4 is 5.32 Å². The number of rotatable bonds is 6. The largest absolute Gasteiger partial charge is 0.395 e. The molecule has 96 valence electrons. The Labute approximate surface area is 102 Å². The van der Waals surface area contributed by atoms with Crippen LogP contribution in [0, 0.1) is 0 Å². The highest BCUT2D eigenvalue weighted by atomic mass is 32.2. The molecule has 0 atom stereocenters. The molecule has 0 saturated carbocycles. The molecule has 1 rings (SSSR count). The van der Waals surface area contributed by atoms with Crippen molar-refractivity contribution in [1.29, 1.82) is 0 Å². The van der Waals surface area contributed by atoms with Crippen molar-refractivity contribution in [2.75, 3.05) is 27.2 Å². The van der Waals surface area contributed by atoms with Gasteiger partial charge in [-0.3, -0.25) is 0 Å². The average molecular weight is 258 g/mol. The van der Waals surface area contributed by atoms with Gasteiger partial charge in [0.2, 0.25) is 10.0 Å². The van der Waals surface area contributed by atoms with E-state index in [1.807, 2.05) is 0 Å². The van der Waals surface area contributed by atoms with Gasteiger partial charge in [-0.1, -0.05) is 12.1 Å². The summed E-state index contributed by atoms with van der Waals surface area (Å²) < 4.78 is 24.7. The van der Waals surface area contributed by atoms with Crippen LogP contribution in [0.4, 0.5) is 0 Å². The molecule has 0 heterocycles. The van der Waals surface area contributed by atoms with Crippen LogP contribution >= 0.6 is 0 Å². The van der Waals surface area contributed by atoms with Crippen LogP contribution in [-0.2, 0) is 16.6 Å². The van der Waals surface area contributed by atoms with E-state index in [1.165, 1.54) is 18.4 Å². The standard InChI is InChI=1S/C11H18N2O3S/c1-13(2)17(15,16)11-5-3-10(4-6-11)9-12-7-8-14/h3-6,12,14H,7-9H2,1-2H3. The summed E-state index contributed by atoms with van der Waals surface area (Å²) in [5.74, 6) is 0. The molecule has 0 spiro atoms. The minimum atomic E-state index is -3.35. The summed E-state index contributed by atoms with van der Waals surface area (Å²) in [6.45, 7) is 1.23. The topological polar surface area (TPSA) is 69.6 Å². The summed E-state index contributed by atoms with van der Waals surface area (Å²) in [4.78, 5) is 0.286. The van der Waals surface area contributed by atoms with Gasteiger partial charge >= 0.3 is 0 Å². The Morgan fingerprint density at radius 1 is 1.24 bits per heavy atom. The van der Waals surface area contributed by atoms with Crippen molar-refractivity contribution >= 4 is 10.0 Å². The monoisotopic (exact) mass is 258 g/mol. The van der Waals surface area contributed by atoms with E-state index in [0.717, 1.165) is 5.56 Å². The highest BCUT2D eigenvalue weighted by Gasteiger charge is 2.16. The summed E-state index contributed by atoms with van der Waals surface area (Å²) >= 11 is 0. The average Bonchev–Trinajstić information content (AvgIpc) is 2.30. The molecule has 6 heteroatoms. The lowest BCUT2D eigenvalue weighted by Gasteiger charge is -2.11. The molecule has 0 unspecified atom stereocenters. The van der Waals surface area contributed by atoms with Gasteiger partial charge in [0.25, 0.3) is 0 Å². The van der Waals surface area contributed by atoms with Gasteiger partial charge in [0.05, 0.1) is 11.5 Å². The molecule has 17 heavy (non-hydrogen) atoms. The molecule has 0 aliphatic carbocycles. The van der Waals surface area contributed by atoms with E-state index in [2.05, 4.69) is 5.32 Å². The molecule has 2 N–H and O–H groups in total. The van der Waals surface area contributed by atoms with Crippen molar-refractivity contribution in [1.82, 2.24) is 9.62 Å². The van der Waals surface area contributed by atoms with Crippen LogP contribution in [0.1, 0.15) is 5.56 Å². The molecule has 0 aliphatic rings. The Morgan fingerprint density at radius 3 is 2.29 bits per heavy atom. The third-order valence-corrected chi connectivity index (χ3v) is 4.15. The highest BCUT2D eigenvalue weighted by Crippen LogP contribution is 2.13. The van der Waals surface area contributed by atoms with E-state index in [-0.39, 0.29) is 11.5 Å². The third-order valence-electron chi connectivity index (χ3n) is 2.32. The summed E-state index contributed by atoms with van der Waals surface area (Å²) in [7, 11) is -0.334. The molecule has 0 amide bonds. The SMILES string of the molecule is CN(C)S(=O)(=O)c1ccc(CNCCO)cc1. The van der Waals surface area contributed by atoms with Crippen LogP contribution in [0.5, 0.6) is 0 Å². The van der Waals surface area contributed by atoms with Gasteiger partial charge in [-0.15, -0.1) is 0 Å². The van der Waals surface area contributed by atoms with Crippen LogP contribution in [0.15, 0.2) is 29.2 Å². The van der Waals surface area contributed by atoms with Gasteiger partial charge in [0.1, 0.15) is 0 Å². The van der Waals surface area contributed by atoms with Crippen LogP contribution in [0.25, 0.3) is 0 Å². The van der Waals surface area contributed by atoms with Gasteiger partial charge in [-0.05, 0) is 17.7 Å². The minimum Gasteiger partial charge on any atom is -0.395 e. The Balaban J connectivity index is 2.75. The van der Waals surface area contributed by atoms with E-state index >= 15 is 0 Å². The summed E-state index contributed by atoms with van der Waals surface area (Å²) in [5.41, 5.74) is 0.983. The number of nitrogens with one attached hydrogen (secondary N) is 1. The quantitative estimate of drug-likeness (QED) is 0.706. The van der Waals surface area contributed by atoms with Crippen LogP contribution in [0.3, 0.4) is 0 Å². The predicted octanol–water partition coefficient (Wildman–Crippen LogP) is 0.0188. The summed E-state index contributed by atoms with van der Waals surface area (Å²) in [6, 6.07) is 6.71. The zero-order chi connectivity index (χ0) is 12.9. The molecular formula is C11H18N2O3S.